The number of likely N-dealkylation sites (tertiary alicyclic amines) is 1. The molecule has 1 aromatic heterocycles. The number of anilines is 2. The van der Waals surface area contributed by atoms with Crippen LogP contribution in [0, 0.1) is 23.0 Å². The molecule has 2 bridgehead atoms. The Hall–Kier alpha value is -4.27. The van der Waals surface area contributed by atoms with Crippen molar-refractivity contribution in [1.82, 2.24) is 15.2 Å². The van der Waals surface area contributed by atoms with Gasteiger partial charge in [0, 0.05) is 72.1 Å². The molecule has 1 N–H and O–H groups in total. The summed E-state index contributed by atoms with van der Waals surface area (Å²) in [5.74, 6) is -4.17. The number of nitrogens with zero attached hydrogens (tertiary/aromatic N) is 5. The van der Waals surface area contributed by atoms with Gasteiger partial charge in [0.1, 0.15) is 35.1 Å². The molecule has 216 valence electrons. The highest BCUT2D eigenvalue weighted by Crippen LogP contribution is 2.41. The van der Waals surface area contributed by atoms with Crippen molar-refractivity contribution in [2.24, 2.45) is 0 Å². The number of fused-ring (bicyclic) bond motifs is 2. The second-order valence-corrected chi connectivity index (χ2v) is 11.2. The molecule has 0 saturated carbocycles. The molecule has 2 amide bonds. The van der Waals surface area contributed by atoms with Crippen LogP contribution in [0.15, 0.2) is 48.7 Å². The fourth-order valence-corrected chi connectivity index (χ4v) is 6.48. The summed E-state index contributed by atoms with van der Waals surface area (Å²) in [6, 6.07) is 11.3. The number of aromatic nitrogens is 1. The van der Waals surface area contributed by atoms with Gasteiger partial charge in [0.25, 0.3) is 11.8 Å². The summed E-state index contributed by atoms with van der Waals surface area (Å²) in [7, 11) is 3.36. The maximum absolute atomic E-state index is 15.4. The van der Waals surface area contributed by atoms with E-state index in [1.807, 2.05) is 0 Å². The van der Waals surface area contributed by atoms with Gasteiger partial charge in [-0.1, -0.05) is 11.6 Å². The van der Waals surface area contributed by atoms with E-state index in [0.717, 1.165) is 31.6 Å². The lowest BCUT2D eigenvalue weighted by atomic mass is 9.92. The molecule has 0 radical (unpaired) electrons. The van der Waals surface area contributed by atoms with E-state index in [-0.39, 0.29) is 40.8 Å². The zero-order valence-corrected chi connectivity index (χ0v) is 23.6. The highest BCUT2D eigenvalue weighted by molar-refractivity contribution is 6.30. The van der Waals surface area contributed by atoms with E-state index in [9.17, 15) is 14.9 Å². The smallest absolute Gasteiger partial charge is 0.251 e. The lowest BCUT2D eigenvalue weighted by molar-refractivity contribution is -0.118. The Morgan fingerprint density at radius 2 is 1.83 bits per heavy atom. The number of amides is 2. The Kier molecular flexibility index (Phi) is 7.20. The topological polar surface area (TPSA) is 102 Å². The molecule has 3 fully saturated rings. The van der Waals surface area contributed by atoms with Crippen molar-refractivity contribution in [3.05, 3.63) is 82.0 Å². The first-order chi connectivity index (χ1) is 20.2. The van der Waals surface area contributed by atoms with Crippen LogP contribution in [-0.4, -0.2) is 73.6 Å². The molecule has 4 heterocycles. The van der Waals surface area contributed by atoms with Gasteiger partial charge in [-0.2, -0.15) is 5.26 Å². The van der Waals surface area contributed by atoms with Crippen LogP contribution < -0.4 is 19.9 Å². The highest BCUT2D eigenvalue weighted by Gasteiger charge is 2.47. The van der Waals surface area contributed by atoms with Gasteiger partial charge >= 0.3 is 0 Å². The van der Waals surface area contributed by atoms with Crippen LogP contribution in [0.3, 0.4) is 0 Å². The molecular formula is C30H27ClF2N6O3. The van der Waals surface area contributed by atoms with Crippen molar-refractivity contribution in [1.29, 1.82) is 5.26 Å². The number of methoxy groups -OCH3 is 1. The summed E-state index contributed by atoms with van der Waals surface area (Å²) >= 11 is 5.95. The minimum atomic E-state index is -1.35. The van der Waals surface area contributed by atoms with Crippen LogP contribution in [-0.2, 0) is 4.79 Å². The molecule has 3 aliphatic heterocycles. The lowest BCUT2D eigenvalue weighted by Crippen LogP contribution is -2.45. The quantitative estimate of drug-likeness (QED) is 0.466. The minimum absolute atomic E-state index is 0.0247. The monoisotopic (exact) mass is 592 g/mol. The average Bonchev–Trinajstić information content (AvgIpc) is 3.65. The molecule has 12 heteroatoms. The number of nitriles is 1. The molecule has 0 aliphatic carbocycles. The van der Waals surface area contributed by atoms with Gasteiger partial charge in [0.05, 0.1) is 12.8 Å². The van der Waals surface area contributed by atoms with E-state index in [0.29, 0.717) is 16.8 Å². The van der Waals surface area contributed by atoms with Gasteiger partial charge in [-0.05, 0) is 43.8 Å². The molecule has 4 atom stereocenters. The number of carbonyl (C=O) groups is 2. The number of carbonyl (C=O) groups excluding carboxylic acids is 2. The first kappa shape index (κ1) is 27.9. The van der Waals surface area contributed by atoms with E-state index in [1.54, 1.807) is 6.07 Å². The molecule has 42 heavy (non-hydrogen) atoms. The Bertz CT molecular complexity index is 1590. The van der Waals surface area contributed by atoms with Crippen LogP contribution >= 0.6 is 11.6 Å². The summed E-state index contributed by atoms with van der Waals surface area (Å²) in [5, 5.41) is 13.3. The largest absolute Gasteiger partial charge is 0.497 e. The standard InChI is InChI=1S/C30H27ClF2N6O3/c1-37-13-19-9-18(37)14-38(19)25-7-8-35-28(21(25)12-34)39-15-22(26-23(32)10-20(42-2)11-24(26)33)27(30(39)41)36-29(40)16-3-5-17(31)6-4-16/h3-8,10-11,18-19,22,27H,9,13-15H2,1-2H3,(H,36,40)/t18-,19-,22-,27-/m0/s1. The Morgan fingerprint density at radius 1 is 1.12 bits per heavy atom. The predicted molar refractivity (Wildman–Crippen MR) is 152 cm³/mol. The number of hydrogen-bond donors (Lipinski definition) is 1. The average molecular weight is 593 g/mol. The Morgan fingerprint density at radius 3 is 2.43 bits per heavy atom. The molecule has 2 aromatic carbocycles. The van der Waals surface area contributed by atoms with Crippen molar-refractivity contribution < 1.29 is 23.1 Å². The van der Waals surface area contributed by atoms with Crippen molar-refractivity contribution in [3.8, 4) is 11.8 Å². The summed E-state index contributed by atoms with van der Waals surface area (Å²) < 4.78 is 35.7. The predicted octanol–water partition coefficient (Wildman–Crippen LogP) is 3.72. The molecule has 6 rings (SSSR count). The summed E-state index contributed by atoms with van der Waals surface area (Å²) in [6.07, 6.45) is 2.50. The molecule has 0 spiro atoms. The number of benzene rings is 2. The van der Waals surface area contributed by atoms with Crippen LogP contribution in [0.1, 0.15) is 33.8 Å². The zero-order chi connectivity index (χ0) is 29.7. The van der Waals surface area contributed by atoms with Crippen LogP contribution in [0.5, 0.6) is 5.75 Å². The van der Waals surface area contributed by atoms with Crippen molar-refractivity contribution in [3.63, 3.8) is 0 Å². The molecule has 3 aromatic rings. The number of likely N-dealkylation sites (N-methyl/N-ethyl adjacent to an activating group) is 1. The SMILES string of the molecule is COc1cc(F)c([C@@H]2CN(c3nccc(N4C[C@@H]5C[C@H]4CN5C)c3C#N)C(=O)[C@H]2NC(=O)c2ccc(Cl)cc2)c(F)c1. The van der Waals surface area contributed by atoms with E-state index in [2.05, 4.69) is 33.2 Å². The van der Waals surface area contributed by atoms with E-state index in [4.69, 9.17) is 16.3 Å². The zero-order valence-electron chi connectivity index (χ0n) is 22.9. The molecule has 9 nitrogen and oxygen atoms in total. The number of nitrogens with one attached hydrogen (secondary N) is 1. The molecule has 0 unspecified atom stereocenters. The van der Waals surface area contributed by atoms with Gasteiger partial charge in [0.2, 0.25) is 0 Å². The van der Waals surface area contributed by atoms with Crippen LogP contribution in [0.2, 0.25) is 5.02 Å². The lowest BCUT2D eigenvalue weighted by Gasteiger charge is -2.34. The number of ether oxygens (including phenoxy) is 1. The van der Waals surface area contributed by atoms with Gasteiger partial charge in [-0.25, -0.2) is 13.8 Å². The van der Waals surface area contributed by atoms with Gasteiger partial charge < -0.3 is 15.0 Å². The third kappa shape index (κ3) is 4.70. The second kappa shape index (κ2) is 10.9. The van der Waals surface area contributed by atoms with Gasteiger partial charge in [-0.15, -0.1) is 0 Å². The second-order valence-electron chi connectivity index (χ2n) is 10.8. The maximum Gasteiger partial charge on any atom is 0.251 e. The third-order valence-electron chi connectivity index (χ3n) is 8.47. The number of halogens is 3. The van der Waals surface area contributed by atoms with Crippen molar-refractivity contribution in [2.75, 3.05) is 43.6 Å². The normalized spacial score (nSPS) is 23.4. The van der Waals surface area contributed by atoms with Crippen LogP contribution in [0.4, 0.5) is 20.3 Å². The number of pyridine rings is 1. The first-order valence-electron chi connectivity index (χ1n) is 13.5. The summed E-state index contributed by atoms with van der Waals surface area (Å²) in [4.78, 5) is 37.2. The molecule has 3 saturated heterocycles. The third-order valence-corrected chi connectivity index (χ3v) is 8.72. The van der Waals surface area contributed by atoms with E-state index in [1.165, 1.54) is 42.5 Å². The highest BCUT2D eigenvalue weighted by atomic mass is 35.5. The van der Waals surface area contributed by atoms with E-state index < -0.39 is 35.4 Å². The fraction of sp³-hybridized carbons (Fsp3) is 0.333. The minimum Gasteiger partial charge on any atom is -0.497 e. The number of hydrogen-bond acceptors (Lipinski definition) is 7. The summed E-state index contributed by atoms with van der Waals surface area (Å²) in [5.41, 5.74) is 0.692. The van der Waals surface area contributed by atoms with Crippen molar-refractivity contribution in [2.45, 2.75) is 30.5 Å². The molecule has 3 aliphatic rings. The maximum atomic E-state index is 15.4. The molecular weight excluding hydrogens is 566 g/mol. The Labute approximate surface area is 246 Å². The van der Waals surface area contributed by atoms with E-state index >= 15 is 8.78 Å². The van der Waals surface area contributed by atoms with Crippen molar-refractivity contribution >= 4 is 34.9 Å². The number of piperazine rings is 1. The number of rotatable bonds is 6. The van der Waals surface area contributed by atoms with Crippen LogP contribution in [0.25, 0.3) is 0 Å². The van der Waals surface area contributed by atoms with Gasteiger partial charge in [0.15, 0.2) is 5.82 Å². The van der Waals surface area contributed by atoms with Gasteiger partial charge in [-0.3, -0.25) is 19.4 Å². The summed E-state index contributed by atoms with van der Waals surface area (Å²) in [6.45, 7) is 1.37. The fourth-order valence-electron chi connectivity index (χ4n) is 6.36. The Balaban J connectivity index is 1.39. The first-order valence-corrected chi connectivity index (χ1v) is 13.8.